The van der Waals surface area contributed by atoms with Gasteiger partial charge in [-0.3, -0.25) is 9.59 Å². The first kappa shape index (κ1) is 16.0. The van der Waals surface area contributed by atoms with E-state index in [4.69, 9.17) is 9.84 Å². The summed E-state index contributed by atoms with van der Waals surface area (Å²) in [6.07, 6.45) is 0.198. The molecule has 0 aliphatic heterocycles. The van der Waals surface area contributed by atoms with Gasteiger partial charge in [0.25, 0.3) is 0 Å². The van der Waals surface area contributed by atoms with E-state index < -0.39 is 11.4 Å². The average Bonchev–Trinajstić information content (AvgIpc) is 2.39. The molecule has 110 valence electrons. The molecule has 0 unspecified atom stereocenters. The van der Waals surface area contributed by atoms with Gasteiger partial charge in [0.1, 0.15) is 5.75 Å². The summed E-state index contributed by atoms with van der Waals surface area (Å²) in [4.78, 5) is 22.5. The van der Waals surface area contributed by atoms with Gasteiger partial charge in [0, 0.05) is 6.54 Å². The van der Waals surface area contributed by atoms with E-state index in [1.165, 1.54) is 0 Å². The monoisotopic (exact) mass is 279 g/mol. The summed E-state index contributed by atoms with van der Waals surface area (Å²) in [5.41, 5.74) is 0.180. The minimum absolute atomic E-state index is 0.103. The number of amides is 1. The van der Waals surface area contributed by atoms with E-state index >= 15 is 0 Å². The second-order valence-corrected chi connectivity index (χ2v) is 5.38. The Hall–Kier alpha value is -2.04. The van der Waals surface area contributed by atoms with E-state index in [1.807, 2.05) is 31.2 Å². The number of benzene rings is 1. The maximum atomic E-state index is 11.6. The molecular weight excluding hydrogens is 258 g/mol. The van der Waals surface area contributed by atoms with Crippen molar-refractivity contribution in [3.63, 3.8) is 0 Å². The van der Waals surface area contributed by atoms with Crippen LogP contribution in [0.2, 0.25) is 0 Å². The van der Waals surface area contributed by atoms with Crippen molar-refractivity contribution in [2.24, 2.45) is 5.41 Å². The Balaban J connectivity index is 2.27. The van der Waals surface area contributed by atoms with Crippen molar-refractivity contribution in [3.8, 4) is 5.75 Å². The maximum Gasteiger partial charge on any atom is 0.310 e. The number of ether oxygens (including phenoxy) is 1. The van der Waals surface area contributed by atoms with Crippen LogP contribution in [0.4, 0.5) is 0 Å². The molecule has 1 aromatic rings. The Morgan fingerprint density at radius 1 is 1.25 bits per heavy atom. The lowest BCUT2D eigenvalue weighted by atomic mass is 9.94. The van der Waals surface area contributed by atoms with Crippen LogP contribution in [0.25, 0.3) is 0 Å². The standard InChI is InChI=1S/C15H21NO4/c1-11-4-6-12(7-5-11)20-9-8-13(17)16-10-15(2,3)14(18)19/h4-7H,8-10H2,1-3H3,(H,16,17)(H,18,19). The van der Waals surface area contributed by atoms with Crippen molar-refractivity contribution < 1.29 is 19.4 Å². The van der Waals surface area contributed by atoms with Crippen molar-refractivity contribution in [1.29, 1.82) is 0 Å². The van der Waals surface area contributed by atoms with Crippen LogP contribution in [0.5, 0.6) is 5.75 Å². The lowest BCUT2D eigenvalue weighted by Crippen LogP contribution is -2.39. The molecule has 1 amide bonds. The number of aryl methyl sites for hydroxylation is 1. The molecule has 0 fully saturated rings. The van der Waals surface area contributed by atoms with Gasteiger partial charge in [0.15, 0.2) is 0 Å². The zero-order chi connectivity index (χ0) is 15.2. The zero-order valence-electron chi connectivity index (χ0n) is 12.1. The SMILES string of the molecule is Cc1ccc(OCCC(=O)NCC(C)(C)C(=O)O)cc1. The first-order valence-electron chi connectivity index (χ1n) is 6.51. The van der Waals surface area contributed by atoms with Gasteiger partial charge in [-0.2, -0.15) is 0 Å². The van der Waals surface area contributed by atoms with Crippen molar-refractivity contribution >= 4 is 11.9 Å². The summed E-state index contributed by atoms with van der Waals surface area (Å²) in [7, 11) is 0. The summed E-state index contributed by atoms with van der Waals surface area (Å²) >= 11 is 0. The van der Waals surface area contributed by atoms with Crippen LogP contribution in [0.15, 0.2) is 24.3 Å². The van der Waals surface area contributed by atoms with Gasteiger partial charge in [0.2, 0.25) is 5.91 Å². The number of rotatable bonds is 7. The van der Waals surface area contributed by atoms with E-state index in [1.54, 1.807) is 13.8 Å². The molecule has 5 heteroatoms. The third-order valence-electron chi connectivity index (χ3n) is 2.93. The van der Waals surface area contributed by atoms with E-state index in [9.17, 15) is 9.59 Å². The third-order valence-corrected chi connectivity index (χ3v) is 2.93. The van der Waals surface area contributed by atoms with E-state index in [0.717, 1.165) is 5.56 Å². The van der Waals surface area contributed by atoms with Crippen LogP contribution in [0.3, 0.4) is 0 Å². The molecule has 0 aliphatic carbocycles. The van der Waals surface area contributed by atoms with Gasteiger partial charge < -0.3 is 15.2 Å². The fourth-order valence-corrected chi connectivity index (χ4v) is 1.38. The Morgan fingerprint density at radius 2 is 1.85 bits per heavy atom. The molecule has 0 saturated carbocycles. The molecule has 0 saturated heterocycles. The minimum Gasteiger partial charge on any atom is -0.493 e. The van der Waals surface area contributed by atoms with E-state index in [-0.39, 0.29) is 25.5 Å². The average molecular weight is 279 g/mol. The van der Waals surface area contributed by atoms with Crippen molar-refractivity contribution in [1.82, 2.24) is 5.32 Å². The highest BCUT2D eigenvalue weighted by Crippen LogP contribution is 2.13. The second-order valence-electron chi connectivity index (χ2n) is 5.38. The fraction of sp³-hybridized carbons (Fsp3) is 0.467. The molecule has 1 aromatic carbocycles. The van der Waals surface area contributed by atoms with Gasteiger partial charge in [-0.05, 0) is 32.9 Å². The molecular formula is C15H21NO4. The van der Waals surface area contributed by atoms with Crippen LogP contribution < -0.4 is 10.1 Å². The number of hydrogen-bond acceptors (Lipinski definition) is 3. The Morgan fingerprint density at radius 3 is 2.40 bits per heavy atom. The van der Waals surface area contributed by atoms with Gasteiger partial charge in [0.05, 0.1) is 18.4 Å². The topological polar surface area (TPSA) is 75.6 Å². The number of aliphatic carboxylic acids is 1. The predicted octanol–water partition coefficient (Wildman–Crippen LogP) is 1.99. The fourth-order valence-electron chi connectivity index (χ4n) is 1.38. The molecule has 0 bridgehead atoms. The molecule has 0 aliphatic rings. The van der Waals surface area contributed by atoms with E-state index in [2.05, 4.69) is 5.32 Å². The summed E-state index contributed by atoms with van der Waals surface area (Å²) in [6.45, 7) is 5.49. The Kier molecular flexibility index (Phi) is 5.55. The molecule has 1 rings (SSSR count). The van der Waals surface area contributed by atoms with Crippen LogP contribution in [0.1, 0.15) is 25.8 Å². The summed E-state index contributed by atoms with van der Waals surface area (Å²) in [5, 5.41) is 11.5. The number of carbonyl (C=O) groups is 2. The summed E-state index contributed by atoms with van der Waals surface area (Å²) in [6, 6.07) is 7.57. The number of nitrogens with one attached hydrogen (secondary N) is 1. The predicted molar refractivity (Wildman–Crippen MR) is 75.7 cm³/mol. The molecule has 0 aromatic heterocycles. The quantitative estimate of drug-likeness (QED) is 0.800. The van der Waals surface area contributed by atoms with E-state index in [0.29, 0.717) is 5.75 Å². The van der Waals surface area contributed by atoms with Crippen molar-refractivity contribution in [3.05, 3.63) is 29.8 Å². The smallest absolute Gasteiger partial charge is 0.310 e. The number of carboxylic acid groups (broad SMARTS) is 1. The first-order valence-corrected chi connectivity index (χ1v) is 6.51. The first-order chi connectivity index (χ1) is 9.31. The summed E-state index contributed by atoms with van der Waals surface area (Å²) < 4.78 is 5.43. The van der Waals surface area contributed by atoms with Crippen LogP contribution in [0, 0.1) is 12.3 Å². The largest absolute Gasteiger partial charge is 0.493 e. The molecule has 0 radical (unpaired) electrons. The number of carboxylic acids is 1. The maximum absolute atomic E-state index is 11.6. The van der Waals surface area contributed by atoms with Crippen molar-refractivity contribution in [2.75, 3.05) is 13.2 Å². The lowest BCUT2D eigenvalue weighted by molar-refractivity contribution is -0.146. The Labute approximate surface area is 118 Å². The van der Waals surface area contributed by atoms with Gasteiger partial charge in [-0.25, -0.2) is 0 Å². The summed E-state index contributed by atoms with van der Waals surface area (Å²) in [5.74, 6) is -0.436. The molecule has 0 spiro atoms. The van der Waals surface area contributed by atoms with Gasteiger partial charge >= 0.3 is 5.97 Å². The highest BCUT2D eigenvalue weighted by Gasteiger charge is 2.27. The zero-order valence-corrected chi connectivity index (χ0v) is 12.1. The molecule has 20 heavy (non-hydrogen) atoms. The van der Waals surface area contributed by atoms with Crippen molar-refractivity contribution in [2.45, 2.75) is 27.2 Å². The highest BCUT2D eigenvalue weighted by molar-refractivity contribution is 5.78. The Bertz CT molecular complexity index is 465. The normalized spacial score (nSPS) is 10.9. The van der Waals surface area contributed by atoms with Gasteiger partial charge in [-0.15, -0.1) is 0 Å². The van der Waals surface area contributed by atoms with Crippen LogP contribution in [-0.4, -0.2) is 30.1 Å². The van der Waals surface area contributed by atoms with Crippen LogP contribution >= 0.6 is 0 Å². The molecule has 5 nitrogen and oxygen atoms in total. The van der Waals surface area contributed by atoms with Gasteiger partial charge in [-0.1, -0.05) is 17.7 Å². The lowest BCUT2D eigenvalue weighted by Gasteiger charge is -2.19. The third kappa shape index (κ3) is 5.30. The highest BCUT2D eigenvalue weighted by atomic mass is 16.5. The molecule has 2 N–H and O–H groups in total. The molecule has 0 heterocycles. The second kappa shape index (κ2) is 6.93. The molecule has 0 atom stereocenters. The minimum atomic E-state index is -0.965. The number of hydrogen-bond donors (Lipinski definition) is 2. The van der Waals surface area contributed by atoms with Crippen LogP contribution in [-0.2, 0) is 9.59 Å². The number of carbonyl (C=O) groups excluding carboxylic acids is 1.